The smallest absolute Gasteiger partial charge is 0.375 e. The zero-order chi connectivity index (χ0) is 20.2. The first-order chi connectivity index (χ1) is 12.6. The van der Waals surface area contributed by atoms with Crippen molar-refractivity contribution < 1.29 is 23.5 Å². The fraction of sp³-hybridized carbons (Fsp3) is 0.316. The van der Waals surface area contributed by atoms with Gasteiger partial charge < -0.3 is 14.5 Å². The highest BCUT2D eigenvalue weighted by atomic mass is 35.5. The van der Waals surface area contributed by atoms with Gasteiger partial charge in [0.05, 0.1) is 5.02 Å². The fourth-order valence-electron chi connectivity index (χ4n) is 2.11. The highest BCUT2D eigenvalue weighted by Crippen LogP contribution is 2.29. The lowest BCUT2D eigenvalue weighted by Gasteiger charge is -2.21. The maximum Gasteiger partial charge on any atom is 0.375 e. The third-order valence-corrected chi connectivity index (χ3v) is 3.65. The molecule has 1 atom stereocenters. The molecule has 144 valence electrons. The van der Waals surface area contributed by atoms with Crippen LogP contribution in [0.4, 0.5) is 4.79 Å². The molecule has 0 unspecified atom stereocenters. The summed E-state index contributed by atoms with van der Waals surface area (Å²) in [5.41, 5.74) is 0.121. The molecule has 2 N–H and O–H groups in total. The molecule has 2 aromatic rings. The first kappa shape index (κ1) is 20.5. The number of urea groups is 1. The highest BCUT2D eigenvalue weighted by Gasteiger charge is 2.24. The molecule has 1 heterocycles. The van der Waals surface area contributed by atoms with Crippen LogP contribution < -0.4 is 10.6 Å². The van der Waals surface area contributed by atoms with Gasteiger partial charge in [-0.3, -0.25) is 10.1 Å². The monoisotopic (exact) mass is 392 g/mol. The molecule has 8 heteroatoms. The van der Waals surface area contributed by atoms with E-state index in [9.17, 15) is 14.4 Å². The predicted octanol–water partition coefficient (Wildman–Crippen LogP) is 3.77. The Labute approximate surface area is 162 Å². The number of amides is 3. The molecule has 27 heavy (non-hydrogen) atoms. The molecule has 2 rings (SSSR count). The number of ether oxygens (including phenoxy) is 1. The van der Waals surface area contributed by atoms with Crippen LogP contribution in [0.5, 0.6) is 0 Å². The van der Waals surface area contributed by atoms with E-state index in [4.69, 9.17) is 20.8 Å². The lowest BCUT2D eigenvalue weighted by atomic mass is 10.1. The zero-order valence-electron chi connectivity index (χ0n) is 15.5. The standard InChI is InChI=1S/C19H21ClN2O5/c1-11(16(23)21-18(25)22-19(2,3)4)26-17(24)15-10-9-14(27-15)12-7-5-6-8-13(12)20/h5-11H,1-4H3,(H2,21,22,23,25)/t11-/m1/s1. The van der Waals surface area contributed by atoms with Crippen LogP contribution in [-0.4, -0.2) is 29.6 Å². The van der Waals surface area contributed by atoms with Crippen LogP contribution in [0.25, 0.3) is 11.3 Å². The Kier molecular flexibility index (Phi) is 6.28. The van der Waals surface area contributed by atoms with Crippen molar-refractivity contribution in [3.63, 3.8) is 0 Å². The van der Waals surface area contributed by atoms with E-state index in [2.05, 4.69) is 10.6 Å². The van der Waals surface area contributed by atoms with Crippen molar-refractivity contribution in [1.29, 1.82) is 0 Å². The van der Waals surface area contributed by atoms with Gasteiger partial charge in [0.1, 0.15) is 5.76 Å². The second kappa shape index (κ2) is 8.26. The van der Waals surface area contributed by atoms with Gasteiger partial charge in [0.15, 0.2) is 6.10 Å². The van der Waals surface area contributed by atoms with Crippen LogP contribution in [-0.2, 0) is 9.53 Å². The SMILES string of the molecule is C[C@@H](OC(=O)c1ccc(-c2ccccc2Cl)o1)C(=O)NC(=O)NC(C)(C)C. The molecular weight excluding hydrogens is 372 g/mol. The Morgan fingerprint density at radius 1 is 1.11 bits per heavy atom. The van der Waals surface area contributed by atoms with Gasteiger partial charge in [-0.15, -0.1) is 0 Å². The molecule has 0 radical (unpaired) electrons. The molecule has 0 spiro atoms. The Hall–Kier alpha value is -2.80. The molecule has 0 fully saturated rings. The van der Waals surface area contributed by atoms with Crippen LogP contribution in [0.3, 0.4) is 0 Å². The van der Waals surface area contributed by atoms with Gasteiger partial charge >= 0.3 is 12.0 Å². The van der Waals surface area contributed by atoms with E-state index in [1.807, 2.05) is 0 Å². The number of halogens is 1. The topological polar surface area (TPSA) is 97.6 Å². The third kappa shape index (κ3) is 5.86. The van der Waals surface area contributed by atoms with Gasteiger partial charge in [-0.05, 0) is 52.0 Å². The van der Waals surface area contributed by atoms with Gasteiger partial charge in [0.2, 0.25) is 5.76 Å². The number of nitrogens with one attached hydrogen (secondary N) is 2. The highest BCUT2D eigenvalue weighted by molar-refractivity contribution is 6.33. The Balaban J connectivity index is 1.98. The van der Waals surface area contributed by atoms with Crippen molar-refractivity contribution in [3.8, 4) is 11.3 Å². The van der Waals surface area contributed by atoms with Crippen molar-refractivity contribution in [2.75, 3.05) is 0 Å². The molecular formula is C19H21ClN2O5. The molecule has 1 aromatic heterocycles. The van der Waals surface area contributed by atoms with E-state index in [1.165, 1.54) is 13.0 Å². The minimum Gasteiger partial charge on any atom is -0.449 e. The molecule has 3 amide bonds. The van der Waals surface area contributed by atoms with E-state index in [1.54, 1.807) is 51.1 Å². The van der Waals surface area contributed by atoms with Crippen molar-refractivity contribution in [2.45, 2.75) is 39.3 Å². The van der Waals surface area contributed by atoms with Crippen LogP contribution in [0.15, 0.2) is 40.8 Å². The molecule has 1 aromatic carbocycles. The number of hydrogen-bond acceptors (Lipinski definition) is 5. The third-order valence-electron chi connectivity index (χ3n) is 3.32. The number of carbonyl (C=O) groups excluding carboxylic acids is 3. The average Bonchev–Trinajstić information content (AvgIpc) is 3.03. The maximum absolute atomic E-state index is 12.2. The summed E-state index contributed by atoms with van der Waals surface area (Å²) in [6.45, 7) is 6.67. The van der Waals surface area contributed by atoms with Gasteiger partial charge in [0, 0.05) is 11.1 Å². The van der Waals surface area contributed by atoms with Crippen LogP contribution >= 0.6 is 11.6 Å². The van der Waals surface area contributed by atoms with Gasteiger partial charge in [-0.1, -0.05) is 23.7 Å². The minimum atomic E-state index is -1.18. The summed E-state index contributed by atoms with van der Waals surface area (Å²) in [6, 6.07) is 9.36. The number of furan rings is 1. The summed E-state index contributed by atoms with van der Waals surface area (Å²) in [5, 5.41) is 5.17. The van der Waals surface area contributed by atoms with E-state index in [-0.39, 0.29) is 5.76 Å². The lowest BCUT2D eigenvalue weighted by Crippen LogP contribution is -2.50. The minimum absolute atomic E-state index is 0.0799. The number of hydrogen-bond donors (Lipinski definition) is 2. The van der Waals surface area contributed by atoms with Crippen LogP contribution in [0, 0.1) is 0 Å². The second-order valence-corrected chi connectivity index (χ2v) is 7.29. The normalized spacial score (nSPS) is 12.2. The second-order valence-electron chi connectivity index (χ2n) is 6.88. The van der Waals surface area contributed by atoms with Crippen molar-refractivity contribution >= 4 is 29.5 Å². The molecule has 0 saturated carbocycles. The number of rotatable bonds is 4. The largest absolute Gasteiger partial charge is 0.449 e. The summed E-state index contributed by atoms with van der Waals surface area (Å²) in [6.07, 6.45) is -1.18. The van der Waals surface area contributed by atoms with Crippen LogP contribution in [0.1, 0.15) is 38.2 Å². The molecule has 0 aliphatic heterocycles. The van der Waals surface area contributed by atoms with Crippen molar-refractivity contribution in [2.24, 2.45) is 0 Å². The molecule has 0 bridgehead atoms. The summed E-state index contributed by atoms with van der Waals surface area (Å²) < 4.78 is 10.5. The first-order valence-electron chi connectivity index (χ1n) is 8.25. The van der Waals surface area contributed by atoms with E-state index < -0.39 is 29.6 Å². The Morgan fingerprint density at radius 3 is 2.41 bits per heavy atom. The average molecular weight is 393 g/mol. The van der Waals surface area contributed by atoms with Crippen LogP contribution in [0.2, 0.25) is 5.02 Å². The van der Waals surface area contributed by atoms with E-state index >= 15 is 0 Å². The quantitative estimate of drug-likeness (QED) is 0.772. The summed E-state index contributed by atoms with van der Waals surface area (Å²) in [5.74, 6) is -1.26. The summed E-state index contributed by atoms with van der Waals surface area (Å²) >= 11 is 6.10. The number of carbonyl (C=O) groups is 3. The number of esters is 1. The van der Waals surface area contributed by atoms with E-state index in [0.717, 1.165) is 0 Å². The maximum atomic E-state index is 12.2. The molecule has 0 aliphatic carbocycles. The number of benzene rings is 1. The van der Waals surface area contributed by atoms with Crippen molar-refractivity contribution in [3.05, 3.63) is 47.2 Å². The molecule has 0 saturated heterocycles. The number of imide groups is 1. The summed E-state index contributed by atoms with van der Waals surface area (Å²) in [7, 11) is 0. The van der Waals surface area contributed by atoms with Gasteiger partial charge in [0.25, 0.3) is 5.91 Å². The van der Waals surface area contributed by atoms with Gasteiger partial charge in [-0.2, -0.15) is 0 Å². The molecule has 7 nitrogen and oxygen atoms in total. The first-order valence-corrected chi connectivity index (χ1v) is 8.63. The Morgan fingerprint density at radius 2 is 1.78 bits per heavy atom. The fourth-order valence-corrected chi connectivity index (χ4v) is 2.34. The van der Waals surface area contributed by atoms with Crippen molar-refractivity contribution in [1.82, 2.24) is 10.6 Å². The predicted molar refractivity (Wildman–Crippen MR) is 100 cm³/mol. The lowest BCUT2D eigenvalue weighted by molar-refractivity contribution is -0.128. The molecule has 0 aliphatic rings. The van der Waals surface area contributed by atoms with E-state index in [0.29, 0.717) is 16.3 Å². The summed E-state index contributed by atoms with van der Waals surface area (Å²) in [4.78, 5) is 35.9. The zero-order valence-corrected chi connectivity index (χ0v) is 16.2. The van der Waals surface area contributed by atoms with Gasteiger partial charge in [-0.25, -0.2) is 9.59 Å². The Bertz CT molecular complexity index is 854.